The summed E-state index contributed by atoms with van der Waals surface area (Å²) in [5.74, 6) is 1.04. The first kappa shape index (κ1) is 19.8. The molecule has 0 saturated heterocycles. The number of anilines is 2. The van der Waals surface area contributed by atoms with Crippen molar-refractivity contribution in [2.24, 2.45) is 0 Å². The van der Waals surface area contributed by atoms with Crippen LogP contribution in [0.3, 0.4) is 0 Å². The zero-order valence-corrected chi connectivity index (χ0v) is 17.7. The number of hydrogen-bond acceptors (Lipinski definition) is 9. The molecule has 2 aromatic carbocycles. The van der Waals surface area contributed by atoms with E-state index >= 15 is 0 Å². The van der Waals surface area contributed by atoms with Gasteiger partial charge in [-0.25, -0.2) is 15.0 Å². The Bertz CT molecular complexity index is 1450. The van der Waals surface area contributed by atoms with Gasteiger partial charge in [0.1, 0.15) is 0 Å². The Labute approximate surface area is 186 Å². The van der Waals surface area contributed by atoms with Crippen molar-refractivity contribution in [3.63, 3.8) is 0 Å². The van der Waals surface area contributed by atoms with Gasteiger partial charge in [0.25, 0.3) is 5.56 Å². The molecule has 0 aliphatic carbocycles. The van der Waals surface area contributed by atoms with Crippen LogP contribution in [-0.4, -0.2) is 40.1 Å². The van der Waals surface area contributed by atoms with E-state index in [9.17, 15) is 4.79 Å². The maximum Gasteiger partial charge on any atom is 0.252 e. The average molecular weight is 443 g/mol. The van der Waals surface area contributed by atoms with E-state index < -0.39 is 0 Å². The van der Waals surface area contributed by atoms with Gasteiger partial charge in [0.05, 0.1) is 22.6 Å². The number of benzene rings is 2. The molecule has 0 unspecified atom stereocenters. The van der Waals surface area contributed by atoms with Crippen LogP contribution in [0, 0.1) is 6.92 Å². The number of thioether (sulfide) groups is 1. The van der Waals surface area contributed by atoms with Crippen LogP contribution < -0.4 is 10.9 Å². The van der Waals surface area contributed by atoms with Crippen LogP contribution in [-0.2, 0) is 5.75 Å². The van der Waals surface area contributed by atoms with Crippen molar-refractivity contribution < 1.29 is 0 Å². The van der Waals surface area contributed by atoms with E-state index in [0.29, 0.717) is 22.6 Å². The molecular weight excluding hydrogens is 426 g/mol. The number of nitrogens with zero attached hydrogens (tertiary/aromatic N) is 7. The Morgan fingerprint density at radius 1 is 1.03 bits per heavy atom. The number of hydrogen-bond donors (Lipinski definition) is 2. The number of rotatable bonds is 6. The number of aromatic amines is 1. The van der Waals surface area contributed by atoms with Crippen LogP contribution in [0.2, 0.25) is 0 Å². The zero-order valence-electron chi connectivity index (χ0n) is 16.9. The highest BCUT2D eigenvalue weighted by Crippen LogP contribution is 2.22. The Kier molecular flexibility index (Phi) is 5.30. The van der Waals surface area contributed by atoms with Gasteiger partial charge in [0, 0.05) is 17.2 Å². The van der Waals surface area contributed by atoms with Gasteiger partial charge < -0.3 is 0 Å². The van der Waals surface area contributed by atoms with Gasteiger partial charge in [0.15, 0.2) is 0 Å². The molecule has 2 N–H and O–H groups in total. The van der Waals surface area contributed by atoms with Crippen LogP contribution in [0.5, 0.6) is 0 Å². The van der Waals surface area contributed by atoms with Gasteiger partial charge in [-0.2, -0.15) is 4.68 Å². The number of tetrazole rings is 1. The smallest absolute Gasteiger partial charge is 0.252 e. The molecule has 0 radical (unpaired) electrons. The molecule has 10 nitrogen and oxygen atoms in total. The van der Waals surface area contributed by atoms with Crippen molar-refractivity contribution in [1.29, 1.82) is 0 Å². The van der Waals surface area contributed by atoms with Gasteiger partial charge in [-0.3, -0.25) is 15.1 Å². The lowest BCUT2D eigenvalue weighted by atomic mass is 10.2. The quantitative estimate of drug-likeness (QED) is 0.381. The number of fused-ring (bicyclic) bond motifs is 1. The summed E-state index contributed by atoms with van der Waals surface area (Å²) >= 11 is 1.38. The molecule has 0 amide bonds. The molecule has 32 heavy (non-hydrogen) atoms. The molecule has 5 rings (SSSR count). The SMILES string of the molecule is Cc1nc(Nc2nc(CSc3nnnn3-c3ccccc3)cc(=O)[nH]2)nc2ccccc12. The fraction of sp³-hybridized carbons (Fsp3) is 0.0952. The second-order valence-corrected chi connectivity index (χ2v) is 7.80. The average Bonchev–Trinajstić information content (AvgIpc) is 3.27. The summed E-state index contributed by atoms with van der Waals surface area (Å²) in [6.07, 6.45) is 0. The first-order valence-electron chi connectivity index (χ1n) is 9.73. The molecule has 3 heterocycles. The number of H-pyrrole nitrogens is 1. The third-order valence-electron chi connectivity index (χ3n) is 4.61. The lowest BCUT2D eigenvalue weighted by Gasteiger charge is -2.08. The fourth-order valence-corrected chi connectivity index (χ4v) is 3.96. The second-order valence-electron chi connectivity index (χ2n) is 6.86. The Hall–Kier alpha value is -4.12. The maximum atomic E-state index is 12.2. The van der Waals surface area contributed by atoms with Crippen molar-refractivity contribution in [1.82, 2.24) is 40.1 Å². The van der Waals surface area contributed by atoms with Crippen molar-refractivity contribution >= 4 is 34.6 Å². The molecule has 0 saturated carbocycles. The molecule has 0 aliphatic heterocycles. The summed E-state index contributed by atoms with van der Waals surface area (Å²) in [5.41, 5.74) is 2.79. The minimum Gasteiger partial charge on any atom is -0.294 e. The largest absolute Gasteiger partial charge is 0.294 e. The minimum absolute atomic E-state index is 0.269. The Morgan fingerprint density at radius 2 is 1.84 bits per heavy atom. The van der Waals surface area contributed by atoms with E-state index in [4.69, 9.17) is 0 Å². The van der Waals surface area contributed by atoms with Crippen molar-refractivity contribution in [3.05, 3.63) is 82.4 Å². The lowest BCUT2D eigenvalue weighted by molar-refractivity contribution is 0.756. The van der Waals surface area contributed by atoms with E-state index in [-0.39, 0.29) is 11.5 Å². The van der Waals surface area contributed by atoms with E-state index in [1.807, 2.05) is 61.5 Å². The third kappa shape index (κ3) is 4.18. The molecule has 5 aromatic rings. The number of para-hydroxylation sites is 2. The number of aromatic nitrogens is 8. The number of aryl methyl sites for hydroxylation is 1. The Balaban J connectivity index is 1.36. The van der Waals surface area contributed by atoms with Gasteiger partial charge in [-0.15, -0.1) is 5.10 Å². The highest BCUT2D eigenvalue weighted by atomic mass is 32.2. The molecule has 0 spiro atoms. The second kappa shape index (κ2) is 8.55. The summed E-state index contributed by atoms with van der Waals surface area (Å²) in [4.78, 5) is 28.3. The molecule has 0 aliphatic rings. The van der Waals surface area contributed by atoms with E-state index in [2.05, 4.69) is 40.8 Å². The molecule has 3 aromatic heterocycles. The molecule has 0 atom stereocenters. The summed E-state index contributed by atoms with van der Waals surface area (Å²) in [6, 6.07) is 18.8. The van der Waals surface area contributed by atoms with Crippen LogP contribution in [0.1, 0.15) is 11.4 Å². The fourth-order valence-electron chi connectivity index (χ4n) is 3.18. The first-order chi connectivity index (χ1) is 15.7. The molecule has 158 valence electrons. The molecule has 0 bridgehead atoms. The summed E-state index contributed by atoms with van der Waals surface area (Å²) in [7, 11) is 0. The molecule has 11 heteroatoms. The van der Waals surface area contributed by atoms with Gasteiger partial charge in [0.2, 0.25) is 17.1 Å². The topological polar surface area (TPSA) is 127 Å². The predicted molar refractivity (Wildman–Crippen MR) is 121 cm³/mol. The van der Waals surface area contributed by atoms with Crippen molar-refractivity contribution in [3.8, 4) is 5.69 Å². The monoisotopic (exact) mass is 443 g/mol. The minimum atomic E-state index is -0.279. The maximum absolute atomic E-state index is 12.2. The van der Waals surface area contributed by atoms with Crippen LogP contribution >= 0.6 is 11.8 Å². The van der Waals surface area contributed by atoms with Crippen molar-refractivity contribution in [2.45, 2.75) is 17.8 Å². The summed E-state index contributed by atoms with van der Waals surface area (Å²) in [5, 5.41) is 16.5. The van der Waals surface area contributed by atoms with Gasteiger partial charge >= 0.3 is 0 Å². The molecular formula is C21H17N9OS. The molecule has 0 fully saturated rings. The van der Waals surface area contributed by atoms with E-state index in [1.165, 1.54) is 17.8 Å². The van der Waals surface area contributed by atoms with E-state index in [0.717, 1.165) is 22.3 Å². The third-order valence-corrected chi connectivity index (χ3v) is 5.56. The zero-order chi connectivity index (χ0) is 21.9. The highest BCUT2D eigenvalue weighted by molar-refractivity contribution is 7.98. The highest BCUT2D eigenvalue weighted by Gasteiger charge is 2.11. The summed E-state index contributed by atoms with van der Waals surface area (Å²) in [6.45, 7) is 1.91. The Morgan fingerprint density at radius 3 is 2.72 bits per heavy atom. The standard InChI is InChI=1S/C21H17N9OS/c1-13-16-9-5-6-10-17(16)24-19(22-13)26-20-23-14(11-18(31)25-20)12-32-21-27-28-29-30(21)15-7-3-2-4-8-15/h2-11H,12H2,1H3,(H2,22,23,24,25,26,31). The van der Waals surface area contributed by atoms with Gasteiger partial charge in [-0.05, 0) is 35.5 Å². The summed E-state index contributed by atoms with van der Waals surface area (Å²) < 4.78 is 1.64. The van der Waals surface area contributed by atoms with Crippen LogP contribution in [0.25, 0.3) is 16.6 Å². The predicted octanol–water partition coefficient (Wildman–Crippen LogP) is 3.03. The first-order valence-corrected chi connectivity index (χ1v) is 10.7. The van der Waals surface area contributed by atoms with Gasteiger partial charge in [-0.1, -0.05) is 48.2 Å². The van der Waals surface area contributed by atoms with Crippen molar-refractivity contribution in [2.75, 3.05) is 5.32 Å². The lowest BCUT2D eigenvalue weighted by Crippen LogP contribution is -2.13. The van der Waals surface area contributed by atoms with E-state index in [1.54, 1.807) is 4.68 Å². The van der Waals surface area contributed by atoms with Crippen LogP contribution in [0.4, 0.5) is 11.9 Å². The number of nitrogens with one attached hydrogen (secondary N) is 2. The van der Waals surface area contributed by atoms with Crippen LogP contribution in [0.15, 0.2) is 70.6 Å². The normalized spacial score (nSPS) is 11.0.